The van der Waals surface area contributed by atoms with Crippen molar-refractivity contribution in [2.24, 2.45) is 17.8 Å². The highest BCUT2D eigenvalue weighted by atomic mass is 16.2. The van der Waals surface area contributed by atoms with Crippen LogP contribution in [0.2, 0.25) is 0 Å². The molecule has 2 bridgehead atoms. The Kier molecular flexibility index (Phi) is 4.03. The number of hydrogen-bond donors (Lipinski definition) is 0. The normalized spacial score (nSPS) is 37.6. The van der Waals surface area contributed by atoms with E-state index in [2.05, 4.69) is 20.0 Å². The van der Waals surface area contributed by atoms with Gasteiger partial charge in [-0.05, 0) is 62.7 Å². The van der Waals surface area contributed by atoms with Gasteiger partial charge in [0.25, 0.3) is 0 Å². The van der Waals surface area contributed by atoms with Gasteiger partial charge in [0, 0.05) is 31.7 Å². The second-order valence-electron chi connectivity index (χ2n) is 8.73. The average Bonchev–Trinajstić information content (AvgIpc) is 3.03. The number of rotatable bonds is 4. The van der Waals surface area contributed by atoms with E-state index in [1.165, 1.54) is 43.4 Å². The first kappa shape index (κ1) is 15.8. The zero-order chi connectivity index (χ0) is 16.8. The molecule has 1 aromatic rings. The van der Waals surface area contributed by atoms with Gasteiger partial charge in [0.1, 0.15) is 6.54 Å². The highest BCUT2D eigenvalue weighted by molar-refractivity contribution is 5.77. The number of carbonyl (C=O) groups excluding carboxylic acids is 1. The summed E-state index contributed by atoms with van der Waals surface area (Å²) in [6.07, 6.45) is 12.6. The van der Waals surface area contributed by atoms with Gasteiger partial charge in [0.2, 0.25) is 5.91 Å². The first-order valence-electron chi connectivity index (χ1n) is 10.1. The maximum atomic E-state index is 12.8. The third kappa shape index (κ3) is 3.21. The molecule has 6 nitrogen and oxygen atoms in total. The Morgan fingerprint density at radius 2 is 1.80 bits per heavy atom. The van der Waals surface area contributed by atoms with Crippen LogP contribution in [0.3, 0.4) is 0 Å². The molecule has 0 N–H and O–H groups in total. The van der Waals surface area contributed by atoms with Crippen molar-refractivity contribution in [3.63, 3.8) is 0 Å². The van der Waals surface area contributed by atoms with Gasteiger partial charge in [-0.25, -0.2) is 0 Å². The van der Waals surface area contributed by atoms with Gasteiger partial charge >= 0.3 is 0 Å². The molecular weight excluding hydrogens is 314 g/mol. The predicted molar refractivity (Wildman–Crippen MR) is 93.7 cm³/mol. The summed E-state index contributed by atoms with van der Waals surface area (Å²) in [6, 6.07) is 0.824. The van der Waals surface area contributed by atoms with Gasteiger partial charge in [0.15, 0.2) is 0 Å². The van der Waals surface area contributed by atoms with E-state index in [0.29, 0.717) is 12.1 Å². The lowest BCUT2D eigenvalue weighted by Gasteiger charge is -2.31. The molecule has 4 aliphatic rings. The zero-order valence-electron chi connectivity index (χ0n) is 15.0. The molecule has 0 radical (unpaired) electrons. The second-order valence-corrected chi connectivity index (χ2v) is 8.73. The number of nitrogens with zero attached hydrogens (tertiary/aromatic N) is 5. The summed E-state index contributed by atoms with van der Waals surface area (Å²) < 4.78 is 0. The van der Waals surface area contributed by atoms with Crippen molar-refractivity contribution in [3.8, 4) is 0 Å². The van der Waals surface area contributed by atoms with Crippen molar-refractivity contribution >= 4 is 5.91 Å². The van der Waals surface area contributed by atoms with E-state index < -0.39 is 0 Å². The van der Waals surface area contributed by atoms with E-state index >= 15 is 0 Å². The minimum atomic E-state index is 0.198. The molecule has 6 heteroatoms. The summed E-state index contributed by atoms with van der Waals surface area (Å²) in [5.74, 6) is 3.24. The van der Waals surface area contributed by atoms with E-state index in [9.17, 15) is 4.79 Å². The Balaban J connectivity index is 1.21. The first-order valence-corrected chi connectivity index (χ1v) is 10.1. The van der Waals surface area contributed by atoms with Crippen LogP contribution in [-0.2, 0) is 11.3 Å². The van der Waals surface area contributed by atoms with Gasteiger partial charge in [-0.2, -0.15) is 15.0 Å². The van der Waals surface area contributed by atoms with Crippen molar-refractivity contribution in [2.75, 3.05) is 19.6 Å². The summed E-state index contributed by atoms with van der Waals surface area (Å²) in [5, 5.41) is 8.19. The first-order chi connectivity index (χ1) is 12.3. The predicted octanol–water partition coefficient (Wildman–Crippen LogP) is 1.78. The van der Waals surface area contributed by atoms with Crippen LogP contribution in [0.4, 0.5) is 0 Å². The summed E-state index contributed by atoms with van der Waals surface area (Å²) in [6.45, 7) is 3.77. The molecule has 3 heterocycles. The van der Waals surface area contributed by atoms with E-state index in [-0.39, 0.29) is 12.5 Å². The standard InChI is InChI=1S/C19H29N5O/c25-19(13-23-20-6-7-21-23)24-17-3-4-18(24)12-22(8-5-17)11-14-1-2-15-10-16(15)9-14/h6-7,14-18H,1-5,8-13H2. The van der Waals surface area contributed by atoms with Crippen LogP contribution in [0, 0.1) is 17.8 Å². The second kappa shape index (κ2) is 6.38. The fourth-order valence-corrected chi connectivity index (χ4v) is 5.72. The smallest absolute Gasteiger partial charge is 0.246 e. The summed E-state index contributed by atoms with van der Waals surface area (Å²) in [7, 11) is 0. The molecule has 0 aromatic carbocycles. The molecule has 2 saturated heterocycles. The SMILES string of the molecule is O=C(Cn1nccn1)N1C2CCC1CN(CC1CCC3CC3C1)CC2. The lowest BCUT2D eigenvalue weighted by Crippen LogP contribution is -2.45. The van der Waals surface area contributed by atoms with Crippen molar-refractivity contribution in [2.45, 2.75) is 63.6 Å². The third-order valence-electron chi connectivity index (χ3n) is 7.07. The molecule has 136 valence electrons. The maximum absolute atomic E-state index is 12.8. The Hall–Kier alpha value is -1.43. The van der Waals surface area contributed by atoms with Crippen molar-refractivity contribution in [3.05, 3.63) is 12.4 Å². The Bertz CT molecular complexity index is 617. The maximum Gasteiger partial charge on any atom is 0.246 e. The van der Waals surface area contributed by atoms with Gasteiger partial charge in [-0.15, -0.1) is 0 Å². The Labute approximate surface area is 149 Å². The highest BCUT2D eigenvalue weighted by Gasteiger charge is 2.44. The third-order valence-corrected chi connectivity index (χ3v) is 7.07. The van der Waals surface area contributed by atoms with Gasteiger partial charge in [0.05, 0.1) is 12.4 Å². The lowest BCUT2D eigenvalue weighted by atomic mass is 9.88. The fourth-order valence-electron chi connectivity index (χ4n) is 5.72. The molecule has 1 amide bonds. The lowest BCUT2D eigenvalue weighted by molar-refractivity contribution is -0.135. The number of likely N-dealkylation sites (tertiary alicyclic amines) is 1. The molecule has 4 fully saturated rings. The van der Waals surface area contributed by atoms with Gasteiger partial charge in [-0.1, -0.05) is 0 Å². The van der Waals surface area contributed by atoms with Crippen LogP contribution in [0.15, 0.2) is 12.4 Å². The number of amides is 1. The Morgan fingerprint density at radius 1 is 0.960 bits per heavy atom. The van der Waals surface area contributed by atoms with Crippen molar-refractivity contribution in [1.29, 1.82) is 0 Å². The molecule has 2 saturated carbocycles. The van der Waals surface area contributed by atoms with E-state index in [1.54, 1.807) is 12.4 Å². The average molecular weight is 343 g/mol. The molecule has 1 aromatic heterocycles. The van der Waals surface area contributed by atoms with Crippen LogP contribution in [-0.4, -0.2) is 62.4 Å². The van der Waals surface area contributed by atoms with Crippen molar-refractivity contribution in [1.82, 2.24) is 24.8 Å². The highest BCUT2D eigenvalue weighted by Crippen LogP contribution is 2.51. The van der Waals surface area contributed by atoms with Crippen LogP contribution in [0.25, 0.3) is 0 Å². The van der Waals surface area contributed by atoms with Crippen LogP contribution >= 0.6 is 0 Å². The number of carbonyl (C=O) groups is 1. The van der Waals surface area contributed by atoms with Gasteiger partial charge < -0.3 is 9.80 Å². The fraction of sp³-hybridized carbons (Fsp3) is 0.842. The van der Waals surface area contributed by atoms with Crippen LogP contribution in [0.1, 0.15) is 44.9 Å². The van der Waals surface area contributed by atoms with Crippen molar-refractivity contribution < 1.29 is 4.79 Å². The quantitative estimate of drug-likeness (QED) is 0.836. The molecule has 0 spiro atoms. The summed E-state index contributed by atoms with van der Waals surface area (Å²) >= 11 is 0. The van der Waals surface area contributed by atoms with E-state index in [1.807, 2.05) is 0 Å². The minimum absolute atomic E-state index is 0.198. The largest absolute Gasteiger partial charge is 0.334 e. The number of fused-ring (bicyclic) bond motifs is 3. The number of hydrogen-bond acceptors (Lipinski definition) is 4. The Morgan fingerprint density at radius 3 is 2.64 bits per heavy atom. The molecule has 2 aliphatic carbocycles. The summed E-state index contributed by atoms with van der Waals surface area (Å²) in [4.78, 5) is 19.2. The van der Waals surface area contributed by atoms with E-state index in [0.717, 1.165) is 43.7 Å². The molecule has 5 atom stereocenters. The summed E-state index contributed by atoms with van der Waals surface area (Å²) in [5.41, 5.74) is 0. The monoisotopic (exact) mass is 343 g/mol. The molecule has 25 heavy (non-hydrogen) atoms. The van der Waals surface area contributed by atoms with Crippen LogP contribution in [0.5, 0.6) is 0 Å². The molecule has 5 rings (SSSR count). The topological polar surface area (TPSA) is 54.3 Å². The zero-order valence-corrected chi connectivity index (χ0v) is 15.0. The molecule has 2 aliphatic heterocycles. The van der Waals surface area contributed by atoms with Crippen LogP contribution < -0.4 is 0 Å². The molecular formula is C19H29N5O. The molecule has 5 unspecified atom stereocenters. The van der Waals surface area contributed by atoms with E-state index in [4.69, 9.17) is 0 Å². The number of aromatic nitrogens is 3. The van der Waals surface area contributed by atoms with Gasteiger partial charge in [-0.3, -0.25) is 4.79 Å². The minimum Gasteiger partial charge on any atom is -0.334 e.